The second-order valence-corrected chi connectivity index (χ2v) is 7.49. The molecule has 0 bridgehead atoms. The van der Waals surface area contributed by atoms with Crippen LogP contribution in [0.3, 0.4) is 0 Å². The van der Waals surface area contributed by atoms with Gasteiger partial charge in [0, 0.05) is 17.3 Å². The number of benzene rings is 2. The number of nitrogens with two attached hydrogens (primary N) is 2. The van der Waals surface area contributed by atoms with Gasteiger partial charge < -0.3 is 21.1 Å². The second-order valence-electron chi connectivity index (χ2n) is 6.52. The Kier molecular flexibility index (Phi) is 6.35. The molecule has 0 radical (unpaired) electrons. The van der Waals surface area contributed by atoms with Crippen molar-refractivity contribution in [1.29, 1.82) is 0 Å². The number of primary amides is 1. The van der Waals surface area contributed by atoms with Crippen molar-refractivity contribution in [1.82, 2.24) is 4.98 Å². The molecule has 1 unspecified atom stereocenters. The molecule has 0 aliphatic heterocycles. The first-order chi connectivity index (χ1) is 15.0. The average molecular weight is 468 g/mol. The molecule has 4 N–H and O–H groups in total. The highest BCUT2D eigenvalue weighted by atomic mass is 32.1. The minimum atomic E-state index is -5.08. The molecule has 0 aliphatic rings. The van der Waals surface area contributed by atoms with Crippen LogP contribution in [-0.2, 0) is 4.79 Å². The van der Waals surface area contributed by atoms with Crippen molar-refractivity contribution >= 4 is 39.7 Å². The molecular weight excluding hydrogens is 452 g/mol. The lowest BCUT2D eigenvalue weighted by atomic mass is 10.1. The number of hydrogen-bond acceptors (Lipinski definition) is 7. The zero-order valence-electron chi connectivity index (χ0n) is 16.4. The molecule has 168 valence electrons. The number of hydrogen-bond donors (Lipinski definition) is 2. The van der Waals surface area contributed by atoms with Gasteiger partial charge in [0.1, 0.15) is 16.7 Å². The van der Waals surface area contributed by atoms with Crippen molar-refractivity contribution in [2.75, 3.05) is 10.6 Å². The third-order valence-corrected chi connectivity index (χ3v) is 5.38. The van der Waals surface area contributed by atoms with Gasteiger partial charge in [-0.15, -0.1) is 13.2 Å². The van der Waals surface area contributed by atoms with Crippen LogP contribution >= 0.6 is 11.3 Å². The van der Waals surface area contributed by atoms with E-state index in [2.05, 4.69) is 9.72 Å². The number of aromatic nitrogens is 1. The lowest BCUT2D eigenvalue weighted by Crippen LogP contribution is -2.40. The summed E-state index contributed by atoms with van der Waals surface area (Å²) in [6.45, 7) is 1.39. The van der Waals surface area contributed by atoms with Gasteiger partial charge in [0.2, 0.25) is 11.7 Å². The monoisotopic (exact) mass is 468 g/mol. The van der Waals surface area contributed by atoms with Crippen LogP contribution in [0.4, 0.5) is 34.2 Å². The Hall–Kier alpha value is -3.67. The lowest BCUT2D eigenvalue weighted by Gasteiger charge is -2.27. The van der Waals surface area contributed by atoms with Crippen molar-refractivity contribution in [3.63, 3.8) is 0 Å². The minimum absolute atomic E-state index is 0.0250. The third-order valence-electron chi connectivity index (χ3n) is 4.31. The molecule has 32 heavy (non-hydrogen) atoms. The van der Waals surface area contributed by atoms with Crippen LogP contribution < -0.4 is 21.1 Å². The summed E-state index contributed by atoms with van der Waals surface area (Å²) in [6, 6.07) is 9.71. The van der Waals surface area contributed by atoms with Crippen molar-refractivity contribution in [2.24, 2.45) is 5.73 Å². The topological polar surface area (TPSA) is 112 Å². The van der Waals surface area contributed by atoms with Gasteiger partial charge >= 0.3 is 6.36 Å². The Bertz CT molecular complexity index is 1150. The number of carbonyl (C=O) groups excluding carboxylic acids is 2. The molecule has 3 rings (SSSR count). The Morgan fingerprint density at radius 1 is 1.16 bits per heavy atom. The number of halogens is 4. The maximum Gasteiger partial charge on any atom is 0.573 e. The van der Waals surface area contributed by atoms with E-state index in [1.807, 2.05) is 0 Å². The number of ketones is 1. The molecule has 0 aliphatic carbocycles. The highest BCUT2D eigenvalue weighted by Crippen LogP contribution is 2.37. The summed E-state index contributed by atoms with van der Waals surface area (Å²) in [6.07, 6.45) is -5.08. The molecule has 0 saturated carbocycles. The normalized spacial score (nSPS) is 12.3. The molecule has 7 nitrogen and oxygen atoms in total. The zero-order chi connectivity index (χ0) is 23.6. The summed E-state index contributed by atoms with van der Waals surface area (Å²) in [5, 5.41) is 0.0250. The number of alkyl halides is 3. The van der Waals surface area contributed by atoms with E-state index in [1.165, 1.54) is 11.8 Å². The Labute approximate surface area is 183 Å². The fourth-order valence-electron chi connectivity index (χ4n) is 2.78. The van der Waals surface area contributed by atoms with Gasteiger partial charge in [-0.3, -0.25) is 9.59 Å². The molecule has 1 heterocycles. The second kappa shape index (κ2) is 8.83. The Morgan fingerprint density at radius 2 is 1.81 bits per heavy atom. The summed E-state index contributed by atoms with van der Waals surface area (Å²) >= 11 is 0.830. The van der Waals surface area contributed by atoms with Gasteiger partial charge in [0.05, 0.1) is 0 Å². The molecule has 2 aromatic carbocycles. The number of amides is 1. The summed E-state index contributed by atoms with van der Waals surface area (Å²) in [5.41, 5.74) is 11.6. The van der Waals surface area contributed by atoms with Crippen LogP contribution in [0.25, 0.3) is 0 Å². The van der Waals surface area contributed by atoms with E-state index in [-0.39, 0.29) is 21.5 Å². The van der Waals surface area contributed by atoms with E-state index in [1.54, 1.807) is 30.3 Å². The predicted octanol–water partition coefficient (Wildman–Crippen LogP) is 4.01. The van der Waals surface area contributed by atoms with E-state index in [4.69, 9.17) is 11.5 Å². The minimum Gasteiger partial charge on any atom is -0.403 e. The van der Waals surface area contributed by atoms with Crippen LogP contribution in [0.15, 0.2) is 48.5 Å². The average Bonchev–Trinajstić information content (AvgIpc) is 3.10. The molecule has 1 aromatic heterocycles. The molecule has 1 atom stereocenters. The Morgan fingerprint density at radius 3 is 2.38 bits per heavy atom. The maximum atomic E-state index is 14.3. The fraction of sp³-hybridized carbons (Fsp3) is 0.150. The fourth-order valence-corrected chi connectivity index (χ4v) is 3.83. The smallest absolute Gasteiger partial charge is 0.403 e. The highest BCUT2D eigenvalue weighted by molar-refractivity contribution is 7.18. The van der Waals surface area contributed by atoms with Crippen molar-refractivity contribution in [3.05, 3.63) is 64.8 Å². The van der Waals surface area contributed by atoms with Gasteiger partial charge in [0.25, 0.3) is 0 Å². The van der Waals surface area contributed by atoms with Gasteiger partial charge in [-0.1, -0.05) is 41.7 Å². The van der Waals surface area contributed by atoms with E-state index >= 15 is 0 Å². The van der Waals surface area contributed by atoms with Crippen molar-refractivity contribution < 1.29 is 31.9 Å². The largest absolute Gasteiger partial charge is 0.573 e. The molecule has 0 fully saturated rings. The number of nitrogens with zero attached hydrogens (tertiary/aromatic N) is 2. The van der Waals surface area contributed by atoms with Crippen LogP contribution in [0.1, 0.15) is 22.2 Å². The molecule has 1 amide bonds. The van der Waals surface area contributed by atoms with E-state index in [0.29, 0.717) is 5.56 Å². The van der Waals surface area contributed by atoms with Crippen molar-refractivity contribution in [3.8, 4) is 5.75 Å². The number of nitrogen functional groups attached to an aromatic ring is 1. The molecule has 12 heteroatoms. The van der Waals surface area contributed by atoms with E-state index < -0.39 is 35.7 Å². The maximum absolute atomic E-state index is 14.3. The van der Waals surface area contributed by atoms with Crippen LogP contribution in [0.2, 0.25) is 0 Å². The first-order valence-electron chi connectivity index (χ1n) is 8.98. The number of ether oxygens (including phenoxy) is 1. The molecule has 0 saturated heterocycles. The van der Waals surface area contributed by atoms with Gasteiger partial charge in [-0.2, -0.15) is 0 Å². The third kappa shape index (κ3) is 4.97. The van der Waals surface area contributed by atoms with Crippen molar-refractivity contribution in [2.45, 2.75) is 19.3 Å². The lowest BCUT2D eigenvalue weighted by molar-refractivity contribution is -0.275. The molecule has 3 aromatic rings. The predicted molar refractivity (Wildman–Crippen MR) is 110 cm³/mol. The van der Waals surface area contributed by atoms with E-state index in [0.717, 1.165) is 29.5 Å². The van der Waals surface area contributed by atoms with E-state index in [9.17, 15) is 27.2 Å². The van der Waals surface area contributed by atoms with Crippen LogP contribution in [-0.4, -0.2) is 29.1 Å². The number of carbonyl (C=O) groups is 2. The number of thiazole rings is 1. The zero-order valence-corrected chi connectivity index (χ0v) is 17.2. The van der Waals surface area contributed by atoms with Gasteiger partial charge in [-0.25, -0.2) is 9.37 Å². The van der Waals surface area contributed by atoms with Crippen LogP contribution in [0, 0.1) is 5.82 Å². The standard InChI is InChI=1S/C20H16F4N4O3S/c1-10(18(26)30)28(12-7-8-14(13(21)9-12)31-20(22,23)24)19-27-17(25)16(32-19)15(29)11-5-3-2-4-6-11/h2-10H,25H2,1H3,(H2,26,30). The SMILES string of the molecule is CC(C(N)=O)N(c1ccc(OC(F)(F)F)c(F)c1)c1nc(N)c(C(=O)c2ccccc2)s1. The highest BCUT2D eigenvalue weighted by Gasteiger charge is 2.33. The number of rotatable bonds is 7. The first kappa shape index (κ1) is 23.0. The quantitative estimate of drug-likeness (QED) is 0.400. The summed E-state index contributed by atoms with van der Waals surface area (Å²) in [4.78, 5) is 30.0. The summed E-state index contributed by atoms with van der Waals surface area (Å²) in [5.74, 6) is -3.75. The summed E-state index contributed by atoms with van der Waals surface area (Å²) in [7, 11) is 0. The van der Waals surface area contributed by atoms with Gasteiger partial charge in [0.15, 0.2) is 16.7 Å². The first-order valence-corrected chi connectivity index (χ1v) is 9.79. The van der Waals surface area contributed by atoms with Crippen LogP contribution in [0.5, 0.6) is 5.75 Å². The Balaban J connectivity index is 2.04. The molecular formula is C20H16F4N4O3S. The summed E-state index contributed by atoms with van der Waals surface area (Å²) < 4.78 is 55.2. The molecule has 0 spiro atoms. The van der Waals surface area contributed by atoms with Gasteiger partial charge in [-0.05, 0) is 19.1 Å². The number of anilines is 3.